The van der Waals surface area contributed by atoms with E-state index in [1.807, 2.05) is 51.2 Å². The van der Waals surface area contributed by atoms with E-state index < -0.39 is 89.6 Å². The van der Waals surface area contributed by atoms with Crippen molar-refractivity contribution in [3.05, 3.63) is 71.9 Å². The zero-order valence-electron chi connectivity index (χ0n) is 45.8. The molecular weight excluding hydrogens is 963 g/mol. The van der Waals surface area contributed by atoms with Gasteiger partial charge in [-0.2, -0.15) is 0 Å². The van der Waals surface area contributed by atoms with E-state index in [9.17, 15) is 34.2 Å². The van der Waals surface area contributed by atoms with Crippen molar-refractivity contribution in [1.82, 2.24) is 14.9 Å². The first kappa shape index (κ1) is 59.9. The lowest BCUT2D eigenvalue weighted by Gasteiger charge is -2.50. The van der Waals surface area contributed by atoms with Crippen molar-refractivity contribution in [2.24, 2.45) is 41.4 Å². The summed E-state index contributed by atoms with van der Waals surface area (Å²) in [5.41, 5.74) is 2.01. The monoisotopic (exact) mass is 1050 g/mol. The lowest BCUT2D eigenvalue weighted by molar-refractivity contribution is -0.266. The molecule has 6 rings (SSSR count). The van der Waals surface area contributed by atoms with Crippen LogP contribution in [0, 0.1) is 41.4 Å². The van der Waals surface area contributed by atoms with E-state index in [4.69, 9.17) is 33.2 Å². The number of aliphatic hydroxyl groups is 2. The Morgan fingerprint density at radius 1 is 0.840 bits per heavy atom. The minimum Gasteiger partial charge on any atom is -0.460 e. The number of carbonyl (C=O) groups is 5. The predicted octanol–water partition coefficient (Wildman–Crippen LogP) is 6.47. The fraction of sp³-hybridized carbons (Fsp3) is 0.707. The molecule has 1 aromatic rings. The number of esters is 1. The number of aliphatic hydroxyl groups excluding tert-OH is 1. The summed E-state index contributed by atoms with van der Waals surface area (Å²) in [4.78, 5) is 81.9. The van der Waals surface area contributed by atoms with Crippen LogP contribution >= 0.6 is 0 Å². The van der Waals surface area contributed by atoms with Gasteiger partial charge in [0.1, 0.15) is 30.1 Å². The Morgan fingerprint density at radius 2 is 1.63 bits per heavy atom. The predicted molar refractivity (Wildman–Crippen MR) is 279 cm³/mol. The first-order valence-corrected chi connectivity index (χ1v) is 27.3. The molecule has 4 fully saturated rings. The van der Waals surface area contributed by atoms with Gasteiger partial charge in [0.05, 0.1) is 49.9 Å². The molecule has 0 aromatic carbocycles. The largest absolute Gasteiger partial charge is 0.460 e. The number of piperidine rings is 1. The van der Waals surface area contributed by atoms with Crippen LogP contribution in [0.2, 0.25) is 0 Å². The van der Waals surface area contributed by atoms with E-state index >= 15 is 0 Å². The van der Waals surface area contributed by atoms with E-state index in [1.54, 1.807) is 59.7 Å². The molecular formula is C58H85N3O14. The molecule has 5 heterocycles. The average Bonchev–Trinajstić information content (AvgIpc) is 3.40. The van der Waals surface area contributed by atoms with E-state index in [-0.39, 0.29) is 55.0 Å². The third-order valence-corrected chi connectivity index (χ3v) is 16.5. The topological polar surface area (TPSA) is 219 Å². The van der Waals surface area contributed by atoms with Crippen LogP contribution in [0.1, 0.15) is 118 Å². The van der Waals surface area contributed by atoms with Gasteiger partial charge in [-0.1, -0.05) is 64.2 Å². The number of methoxy groups -OCH3 is 3. The molecule has 2 N–H and O–H groups in total. The van der Waals surface area contributed by atoms with Crippen LogP contribution in [-0.4, -0.2) is 157 Å². The van der Waals surface area contributed by atoms with Crippen LogP contribution in [0.4, 0.5) is 0 Å². The molecule has 0 spiro atoms. The molecule has 1 aromatic heterocycles. The maximum atomic E-state index is 14.8. The SMILES string of the molecule is COCCO[C@@H]1CC[C@@H](CC2[C@H]3CCCN4C(=O)C(=O)[C@]5(O)O[C@@H](CC[C@H]5C)CC(OCCc5cnccn5)/C(C)=C/C=C/C=C/[C@@H](C)C[C@@H](C)C(=O)[C@H](OC)[C@H](O)/C(C)=C/[C@@H](C)C(=O)C[C@@H]2OC(=O)C34)C[C@H]1OC. The van der Waals surface area contributed by atoms with E-state index in [0.717, 1.165) is 24.1 Å². The normalized spacial score (nSPS) is 38.5. The molecule has 416 valence electrons. The Kier molecular flexibility index (Phi) is 22.6. The van der Waals surface area contributed by atoms with Crippen molar-refractivity contribution in [3.63, 3.8) is 0 Å². The van der Waals surface area contributed by atoms with Crippen LogP contribution in [0.15, 0.2) is 66.2 Å². The summed E-state index contributed by atoms with van der Waals surface area (Å²) in [5, 5.41) is 23.9. The lowest BCUT2D eigenvalue weighted by Crippen LogP contribution is -2.65. The van der Waals surface area contributed by atoms with E-state index in [0.29, 0.717) is 76.8 Å². The molecule has 4 bridgehead atoms. The number of amides is 1. The third kappa shape index (κ3) is 15.5. The van der Waals surface area contributed by atoms with Crippen molar-refractivity contribution in [1.29, 1.82) is 0 Å². The van der Waals surface area contributed by atoms with Crippen molar-refractivity contribution in [2.75, 3.05) is 47.7 Å². The quantitative estimate of drug-likeness (QED) is 0.0991. The summed E-state index contributed by atoms with van der Waals surface area (Å²) in [5.74, 6) is -8.54. The number of allylic oxidation sites excluding steroid dienone is 6. The number of ether oxygens (including phenoxy) is 7. The Labute approximate surface area is 444 Å². The van der Waals surface area contributed by atoms with E-state index in [2.05, 4.69) is 9.97 Å². The molecule has 17 nitrogen and oxygen atoms in total. The van der Waals surface area contributed by atoms with Crippen LogP contribution in [0.5, 0.6) is 0 Å². The number of fused-ring (bicyclic) bond motifs is 4. The zero-order valence-corrected chi connectivity index (χ0v) is 45.8. The first-order chi connectivity index (χ1) is 35.9. The fourth-order valence-electron chi connectivity index (χ4n) is 12.1. The van der Waals surface area contributed by atoms with Crippen molar-refractivity contribution >= 4 is 29.2 Å². The Hall–Kier alpha value is -4.33. The average molecular weight is 1050 g/mol. The Balaban J connectivity index is 1.33. The minimum atomic E-state index is -2.48. The smallest absolute Gasteiger partial charge is 0.329 e. The number of rotatable bonds is 12. The van der Waals surface area contributed by atoms with Crippen molar-refractivity contribution in [2.45, 2.75) is 173 Å². The highest BCUT2D eigenvalue weighted by molar-refractivity contribution is 6.39. The molecule has 0 radical (unpaired) electrons. The summed E-state index contributed by atoms with van der Waals surface area (Å²) in [6.45, 7) is 12.1. The van der Waals surface area contributed by atoms with Gasteiger partial charge >= 0.3 is 5.97 Å². The standard InChI is InChI=1S/C58H85N3O14/c1-35-14-11-10-12-15-36(2)48(72-25-21-42-34-59-22-23-60-42)32-43-19-17-40(6)58(68,75-43)55(65)56(66)61-24-13-16-44-45(30-41-18-20-47(50(31-41)70-8)73-27-26-69-7)49(74-57(67)51(44)61)33-46(62)37(3)29-39(5)53(64)54(71-9)52(63)38(4)28-35/h10-12,14-15,22-23,29,34-35,37-38,40-41,43-45,47-51,53-54,64,68H,13,16-21,24-28,30-33H2,1-9H3/b12-10+,14-11+,36-15+,39-29+/t35-,37-,38-,40-,41+,43+,44-,45?,47-,48?,49+,50-,51?,53-,54+,58-/m1/s1. The molecule has 5 aliphatic rings. The number of hydrogen-bond donors (Lipinski definition) is 2. The number of ketones is 3. The number of nitrogens with zero attached hydrogens (tertiary/aromatic N) is 3. The van der Waals surface area contributed by atoms with Gasteiger partial charge in [0.2, 0.25) is 5.79 Å². The fourth-order valence-corrected chi connectivity index (χ4v) is 12.1. The van der Waals surface area contributed by atoms with Crippen LogP contribution < -0.4 is 0 Å². The maximum absolute atomic E-state index is 14.8. The molecule has 1 aliphatic carbocycles. The molecule has 16 atom stereocenters. The molecule has 4 aliphatic heterocycles. The summed E-state index contributed by atoms with van der Waals surface area (Å²) in [6.07, 6.45) is 17.0. The Bertz CT molecular complexity index is 2200. The highest BCUT2D eigenvalue weighted by Gasteiger charge is 2.57. The summed E-state index contributed by atoms with van der Waals surface area (Å²) >= 11 is 0. The second kappa shape index (κ2) is 28.3. The van der Waals surface area contributed by atoms with Crippen LogP contribution in [0.25, 0.3) is 0 Å². The van der Waals surface area contributed by atoms with Gasteiger partial charge in [-0.15, -0.1) is 0 Å². The highest BCUT2D eigenvalue weighted by atomic mass is 16.6. The van der Waals surface area contributed by atoms with Crippen LogP contribution in [-0.2, 0) is 63.6 Å². The molecule has 3 unspecified atom stereocenters. The molecule has 75 heavy (non-hydrogen) atoms. The van der Waals surface area contributed by atoms with Gasteiger partial charge < -0.3 is 48.3 Å². The highest BCUT2D eigenvalue weighted by Crippen LogP contribution is 2.45. The summed E-state index contributed by atoms with van der Waals surface area (Å²) in [7, 11) is 4.68. The second-order valence-electron chi connectivity index (χ2n) is 21.9. The lowest BCUT2D eigenvalue weighted by atomic mass is 9.68. The zero-order chi connectivity index (χ0) is 54.4. The second-order valence-corrected chi connectivity index (χ2v) is 21.9. The Morgan fingerprint density at radius 3 is 2.35 bits per heavy atom. The van der Waals surface area contributed by atoms with Gasteiger partial charge in [0.15, 0.2) is 5.78 Å². The van der Waals surface area contributed by atoms with Gasteiger partial charge in [-0.05, 0) is 101 Å². The molecule has 3 saturated heterocycles. The minimum absolute atomic E-state index is 0.00385. The number of aromatic nitrogens is 2. The summed E-state index contributed by atoms with van der Waals surface area (Å²) in [6, 6.07) is -1.14. The maximum Gasteiger partial charge on any atom is 0.329 e. The summed E-state index contributed by atoms with van der Waals surface area (Å²) < 4.78 is 42.1. The molecule has 1 saturated carbocycles. The number of Topliss-reactive ketones (excluding diaryl/α,β-unsaturated/α-hetero) is 3. The van der Waals surface area contributed by atoms with Crippen LogP contribution in [0.3, 0.4) is 0 Å². The van der Waals surface area contributed by atoms with Gasteiger partial charge in [0, 0.05) is 89.4 Å². The first-order valence-electron chi connectivity index (χ1n) is 27.3. The number of carbonyl (C=O) groups excluding carboxylic acids is 5. The molecule has 17 heteroatoms. The van der Waals surface area contributed by atoms with Gasteiger partial charge in [0.25, 0.3) is 11.7 Å². The van der Waals surface area contributed by atoms with Gasteiger partial charge in [-0.25, -0.2) is 4.79 Å². The third-order valence-electron chi connectivity index (χ3n) is 16.5. The van der Waals surface area contributed by atoms with Gasteiger partial charge in [-0.3, -0.25) is 29.1 Å². The van der Waals surface area contributed by atoms with Crippen molar-refractivity contribution in [3.8, 4) is 0 Å². The van der Waals surface area contributed by atoms with E-state index in [1.165, 1.54) is 12.0 Å². The number of hydrogen-bond acceptors (Lipinski definition) is 16. The molecule has 1 amide bonds. The van der Waals surface area contributed by atoms with Crippen molar-refractivity contribution < 1.29 is 67.3 Å².